The molecule has 0 atom stereocenters. The van der Waals surface area contributed by atoms with Crippen molar-refractivity contribution in [1.29, 1.82) is 0 Å². The van der Waals surface area contributed by atoms with Crippen molar-refractivity contribution >= 4 is 17.7 Å². The lowest BCUT2D eigenvalue weighted by Crippen LogP contribution is -2.37. The van der Waals surface area contributed by atoms with Gasteiger partial charge in [-0.2, -0.15) is 4.98 Å². The molecule has 0 bridgehead atoms. The van der Waals surface area contributed by atoms with Gasteiger partial charge >= 0.3 is 0 Å². The number of nitrogens with two attached hydrogens (primary N) is 2. The third-order valence-corrected chi connectivity index (χ3v) is 2.36. The molecule has 0 aliphatic rings. The summed E-state index contributed by atoms with van der Waals surface area (Å²) >= 11 is 0. The Morgan fingerprint density at radius 2 is 2.19 bits per heavy atom. The van der Waals surface area contributed by atoms with Gasteiger partial charge in [0.1, 0.15) is 5.82 Å². The molecule has 0 spiro atoms. The predicted molar refractivity (Wildman–Crippen MR) is 62.6 cm³/mol. The molecule has 1 heterocycles. The quantitative estimate of drug-likeness (QED) is 0.680. The highest BCUT2D eigenvalue weighted by Gasteiger charge is 2.24. The number of nitrogens with zero attached hydrogens (tertiary/aromatic N) is 2. The first-order chi connectivity index (χ1) is 7.33. The zero-order valence-electron chi connectivity index (χ0n) is 9.74. The molecule has 1 amide bonds. The van der Waals surface area contributed by atoms with Gasteiger partial charge in [-0.25, -0.2) is 4.98 Å². The summed E-state index contributed by atoms with van der Waals surface area (Å²) in [6, 6.07) is 0. The summed E-state index contributed by atoms with van der Waals surface area (Å²) in [5.74, 6) is 0.464. The first kappa shape index (κ1) is 12.2. The number of hydrogen-bond acceptors (Lipinski definition) is 5. The fourth-order valence-corrected chi connectivity index (χ4v) is 1.03. The molecule has 0 aliphatic heterocycles. The van der Waals surface area contributed by atoms with Gasteiger partial charge in [-0.05, 0) is 20.8 Å². The largest absolute Gasteiger partial charge is 0.369 e. The maximum absolute atomic E-state index is 11.1. The molecule has 88 valence electrons. The summed E-state index contributed by atoms with van der Waals surface area (Å²) in [4.78, 5) is 19.0. The van der Waals surface area contributed by atoms with Crippen LogP contribution in [0.4, 0.5) is 11.8 Å². The third kappa shape index (κ3) is 2.82. The van der Waals surface area contributed by atoms with Crippen molar-refractivity contribution < 1.29 is 4.79 Å². The smallest absolute Gasteiger partial charge is 0.224 e. The molecular weight excluding hydrogens is 206 g/mol. The lowest BCUT2D eigenvalue weighted by atomic mass is 9.93. The van der Waals surface area contributed by atoms with Crippen LogP contribution in [0, 0.1) is 12.3 Å². The number of primary amides is 1. The minimum Gasteiger partial charge on any atom is -0.369 e. The molecule has 0 unspecified atom stereocenters. The number of rotatable bonds is 4. The Kier molecular flexibility index (Phi) is 3.31. The van der Waals surface area contributed by atoms with Crippen molar-refractivity contribution in [3.05, 3.63) is 11.8 Å². The van der Waals surface area contributed by atoms with Crippen LogP contribution in [0.1, 0.15) is 19.4 Å². The molecule has 16 heavy (non-hydrogen) atoms. The zero-order valence-corrected chi connectivity index (χ0v) is 9.74. The van der Waals surface area contributed by atoms with Crippen molar-refractivity contribution in [1.82, 2.24) is 9.97 Å². The number of aryl methyl sites for hydroxylation is 1. The molecule has 1 rings (SSSR count). The number of nitrogens with one attached hydrogen (secondary N) is 1. The van der Waals surface area contributed by atoms with Crippen molar-refractivity contribution in [2.75, 3.05) is 17.6 Å². The van der Waals surface area contributed by atoms with Crippen LogP contribution in [0.15, 0.2) is 6.20 Å². The molecular formula is C10H17N5O. The van der Waals surface area contributed by atoms with E-state index in [-0.39, 0.29) is 11.9 Å². The molecule has 6 heteroatoms. The Balaban J connectivity index is 2.75. The van der Waals surface area contributed by atoms with Crippen LogP contribution in [0.5, 0.6) is 0 Å². The average molecular weight is 223 g/mol. The van der Waals surface area contributed by atoms with Gasteiger partial charge in [0.15, 0.2) is 0 Å². The van der Waals surface area contributed by atoms with Crippen LogP contribution in [0.25, 0.3) is 0 Å². The molecule has 0 fully saturated rings. The Morgan fingerprint density at radius 3 is 2.75 bits per heavy atom. The summed E-state index contributed by atoms with van der Waals surface area (Å²) in [6.45, 7) is 5.79. The molecule has 1 aromatic rings. The number of amides is 1. The fourth-order valence-electron chi connectivity index (χ4n) is 1.03. The van der Waals surface area contributed by atoms with Crippen molar-refractivity contribution in [2.24, 2.45) is 11.1 Å². The van der Waals surface area contributed by atoms with Crippen LogP contribution in [-0.2, 0) is 4.79 Å². The van der Waals surface area contributed by atoms with E-state index in [1.54, 1.807) is 20.0 Å². The summed E-state index contributed by atoms with van der Waals surface area (Å²) in [6.07, 6.45) is 1.63. The summed E-state index contributed by atoms with van der Waals surface area (Å²) < 4.78 is 0. The second-order valence-electron chi connectivity index (χ2n) is 4.36. The average Bonchev–Trinajstić information content (AvgIpc) is 2.19. The van der Waals surface area contributed by atoms with Gasteiger partial charge < -0.3 is 16.8 Å². The highest BCUT2D eigenvalue weighted by atomic mass is 16.1. The molecule has 0 aliphatic carbocycles. The third-order valence-electron chi connectivity index (χ3n) is 2.36. The summed E-state index contributed by atoms with van der Waals surface area (Å²) in [7, 11) is 0. The Hall–Kier alpha value is -1.85. The van der Waals surface area contributed by atoms with Crippen LogP contribution < -0.4 is 16.8 Å². The molecule has 0 aromatic carbocycles. The maximum atomic E-state index is 11.1. The highest BCUT2D eigenvalue weighted by molar-refractivity contribution is 5.80. The summed E-state index contributed by atoms with van der Waals surface area (Å²) in [5.41, 5.74) is 11.0. The van der Waals surface area contributed by atoms with Crippen molar-refractivity contribution in [2.45, 2.75) is 20.8 Å². The molecule has 1 aromatic heterocycles. The van der Waals surface area contributed by atoms with Gasteiger partial charge in [0, 0.05) is 18.3 Å². The lowest BCUT2D eigenvalue weighted by Gasteiger charge is -2.21. The molecule has 0 radical (unpaired) electrons. The van der Waals surface area contributed by atoms with Crippen molar-refractivity contribution in [3.63, 3.8) is 0 Å². The second-order valence-corrected chi connectivity index (χ2v) is 4.36. The van der Waals surface area contributed by atoms with E-state index in [0.717, 1.165) is 5.56 Å². The van der Waals surface area contributed by atoms with E-state index in [1.807, 2.05) is 6.92 Å². The Bertz CT molecular complexity index is 402. The van der Waals surface area contributed by atoms with Crippen LogP contribution >= 0.6 is 0 Å². The van der Waals surface area contributed by atoms with E-state index in [4.69, 9.17) is 11.5 Å². The minimum atomic E-state index is -0.633. The van der Waals surface area contributed by atoms with E-state index < -0.39 is 5.41 Å². The first-order valence-corrected chi connectivity index (χ1v) is 4.96. The maximum Gasteiger partial charge on any atom is 0.224 e. The van der Waals surface area contributed by atoms with E-state index in [9.17, 15) is 4.79 Å². The molecule has 0 saturated heterocycles. The fraction of sp³-hybridized carbons (Fsp3) is 0.500. The standard InChI is InChI=1S/C10H17N5O/c1-6-4-13-9(12)15-7(6)14-5-10(2,3)8(11)16/h4H,5H2,1-3H3,(H2,11,16)(H3,12,13,14,15). The normalized spacial score (nSPS) is 11.2. The van der Waals surface area contributed by atoms with Gasteiger partial charge in [0.25, 0.3) is 0 Å². The van der Waals surface area contributed by atoms with E-state index in [2.05, 4.69) is 15.3 Å². The number of aromatic nitrogens is 2. The van der Waals surface area contributed by atoms with Gasteiger partial charge in [-0.15, -0.1) is 0 Å². The predicted octanol–water partition coefficient (Wildman–Crippen LogP) is 0.291. The highest BCUT2D eigenvalue weighted by Crippen LogP contribution is 2.17. The Morgan fingerprint density at radius 1 is 1.56 bits per heavy atom. The van der Waals surface area contributed by atoms with E-state index in [0.29, 0.717) is 12.4 Å². The van der Waals surface area contributed by atoms with Gasteiger partial charge in [0.2, 0.25) is 11.9 Å². The SMILES string of the molecule is Cc1cnc(N)nc1NCC(C)(C)C(N)=O. The number of hydrogen-bond donors (Lipinski definition) is 3. The van der Waals surface area contributed by atoms with Crippen LogP contribution in [-0.4, -0.2) is 22.4 Å². The monoisotopic (exact) mass is 223 g/mol. The van der Waals surface area contributed by atoms with Crippen molar-refractivity contribution in [3.8, 4) is 0 Å². The number of nitrogen functional groups attached to an aromatic ring is 1. The lowest BCUT2D eigenvalue weighted by molar-refractivity contribution is -0.125. The second kappa shape index (κ2) is 4.34. The topological polar surface area (TPSA) is 107 Å². The summed E-state index contributed by atoms with van der Waals surface area (Å²) in [5, 5.41) is 3.04. The van der Waals surface area contributed by atoms with Crippen LogP contribution in [0.3, 0.4) is 0 Å². The first-order valence-electron chi connectivity index (χ1n) is 4.96. The molecule has 5 N–H and O–H groups in total. The number of carbonyl (C=O) groups excluding carboxylic acids is 1. The van der Waals surface area contributed by atoms with Crippen LogP contribution in [0.2, 0.25) is 0 Å². The number of carbonyl (C=O) groups is 1. The zero-order chi connectivity index (χ0) is 12.3. The van der Waals surface area contributed by atoms with Gasteiger partial charge in [-0.3, -0.25) is 4.79 Å². The van der Waals surface area contributed by atoms with Gasteiger partial charge in [0.05, 0.1) is 5.41 Å². The number of anilines is 2. The minimum absolute atomic E-state index is 0.199. The Labute approximate surface area is 94.5 Å². The van der Waals surface area contributed by atoms with Gasteiger partial charge in [-0.1, -0.05) is 0 Å². The van der Waals surface area contributed by atoms with E-state index >= 15 is 0 Å². The molecule has 0 saturated carbocycles. The van der Waals surface area contributed by atoms with E-state index in [1.165, 1.54) is 0 Å². The molecule has 6 nitrogen and oxygen atoms in total.